The van der Waals surface area contributed by atoms with Crippen LogP contribution in [0.4, 0.5) is 5.69 Å². The number of aryl methyl sites for hydroxylation is 1. The molecule has 0 aromatic carbocycles. The molecule has 5 aromatic rings. The summed E-state index contributed by atoms with van der Waals surface area (Å²) in [7, 11) is 0. The van der Waals surface area contributed by atoms with Gasteiger partial charge in [0.1, 0.15) is 18.6 Å². The number of rotatable bonds is 5. The topological polar surface area (TPSA) is 124 Å². The second-order valence-electron chi connectivity index (χ2n) is 7.02. The van der Waals surface area contributed by atoms with Crippen LogP contribution in [-0.4, -0.2) is 45.6 Å². The molecule has 0 unspecified atom stereocenters. The Hall–Kier alpha value is -4.60. The van der Waals surface area contributed by atoms with E-state index >= 15 is 0 Å². The monoisotopic (exact) mass is 423 g/mol. The minimum atomic E-state index is -0.246. The SMILES string of the molecule is Cc1cc(-c2ncnc3c2cnn3CC(=O)Nc2ccc(-c3cnccn3)nc2)ccn1. The third-order valence-corrected chi connectivity index (χ3v) is 4.77. The van der Waals surface area contributed by atoms with E-state index in [0.717, 1.165) is 22.3 Å². The van der Waals surface area contributed by atoms with Crippen molar-refractivity contribution in [2.24, 2.45) is 0 Å². The van der Waals surface area contributed by atoms with Gasteiger partial charge in [-0.25, -0.2) is 14.6 Å². The Bertz CT molecular complexity index is 1400. The van der Waals surface area contributed by atoms with Crippen LogP contribution in [0, 0.1) is 6.92 Å². The maximum atomic E-state index is 12.6. The predicted octanol–water partition coefficient (Wildman–Crippen LogP) is 2.69. The summed E-state index contributed by atoms with van der Waals surface area (Å²) in [5.74, 6) is -0.246. The number of pyridine rings is 2. The van der Waals surface area contributed by atoms with Gasteiger partial charge in [-0.1, -0.05) is 0 Å². The zero-order valence-electron chi connectivity index (χ0n) is 17.0. The molecule has 0 saturated carbocycles. The van der Waals surface area contributed by atoms with Gasteiger partial charge in [-0.3, -0.25) is 24.7 Å². The van der Waals surface area contributed by atoms with Crippen LogP contribution in [0.15, 0.2) is 67.8 Å². The summed E-state index contributed by atoms with van der Waals surface area (Å²) in [6.45, 7) is 1.92. The average Bonchev–Trinajstić information content (AvgIpc) is 3.23. The molecule has 0 bridgehead atoms. The molecule has 5 heterocycles. The zero-order chi connectivity index (χ0) is 21.9. The van der Waals surface area contributed by atoms with Crippen LogP contribution in [0.5, 0.6) is 0 Å². The van der Waals surface area contributed by atoms with Crippen molar-refractivity contribution in [3.05, 3.63) is 73.5 Å². The molecular weight excluding hydrogens is 406 g/mol. The molecule has 0 aliphatic carbocycles. The number of carbonyl (C=O) groups is 1. The van der Waals surface area contributed by atoms with Crippen LogP contribution in [0.25, 0.3) is 33.7 Å². The molecular formula is C22H17N9O. The van der Waals surface area contributed by atoms with E-state index in [0.29, 0.717) is 22.7 Å². The van der Waals surface area contributed by atoms with E-state index in [1.54, 1.807) is 54.0 Å². The second-order valence-corrected chi connectivity index (χ2v) is 7.02. The fourth-order valence-electron chi connectivity index (χ4n) is 3.32. The molecule has 1 amide bonds. The van der Waals surface area contributed by atoms with Gasteiger partial charge < -0.3 is 5.32 Å². The zero-order valence-corrected chi connectivity index (χ0v) is 17.0. The summed E-state index contributed by atoms with van der Waals surface area (Å²) < 4.78 is 1.55. The molecule has 10 heteroatoms. The Balaban J connectivity index is 1.34. The number of aromatic nitrogens is 8. The van der Waals surface area contributed by atoms with Gasteiger partial charge in [0.05, 0.1) is 41.1 Å². The van der Waals surface area contributed by atoms with Crippen molar-refractivity contribution in [2.75, 3.05) is 5.32 Å². The molecule has 0 fully saturated rings. The molecule has 1 N–H and O–H groups in total. The minimum Gasteiger partial charge on any atom is -0.323 e. The fourth-order valence-corrected chi connectivity index (χ4v) is 3.32. The summed E-state index contributed by atoms with van der Waals surface area (Å²) >= 11 is 0. The van der Waals surface area contributed by atoms with Crippen LogP contribution in [0.1, 0.15) is 5.69 Å². The van der Waals surface area contributed by atoms with Gasteiger partial charge in [-0.05, 0) is 31.2 Å². The standard InChI is InChI=1S/C22H17N9O/c1-14-8-15(4-5-24-14)21-17-10-29-31(22(17)28-13-27-21)12-20(32)30-16-2-3-18(26-9-16)19-11-23-6-7-25-19/h2-11,13H,12H2,1H3,(H,30,32). The number of nitrogens with zero attached hydrogens (tertiary/aromatic N) is 8. The van der Waals surface area contributed by atoms with Crippen LogP contribution in [0.3, 0.4) is 0 Å². The molecule has 0 aliphatic heterocycles. The molecule has 5 aromatic heterocycles. The summed E-state index contributed by atoms with van der Waals surface area (Å²) in [6.07, 6.45) is 11.3. The van der Waals surface area contributed by atoms with Crippen molar-refractivity contribution in [2.45, 2.75) is 13.5 Å². The Morgan fingerprint density at radius 1 is 0.938 bits per heavy atom. The molecule has 5 rings (SSSR count). The summed E-state index contributed by atoms with van der Waals surface area (Å²) in [5.41, 5.74) is 5.04. The van der Waals surface area contributed by atoms with Crippen molar-refractivity contribution in [1.82, 2.24) is 39.7 Å². The van der Waals surface area contributed by atoms with Gasteiger partial charge in [0, 0.05) is 29.8 Å². The number of carbonyl (C=O) groups excluding carboxylic acids is 1. The first kappa shape index (κ1) is 19.4. The van der Waals surface area contributed by atoms with E-state index in [4.69, 9.17) is 0 Å². The molecule has 156 valence electrons. The fraction of sp³-hybridized carbons (Fsp3) is 0.0909. The highest BCUT2D eigenvalue weighted by molar-refractivity contribution is 5.93. The largest absolute Gasteiger partial charge is 0.323 e. The first-order chi connectivity index (χ1) is 15.7. The summed E-state index contributed by atoms with van der Waals surface area (Å²) in [6, 6.07) is 7.38. The molecule has 0 saturated heterocycles. The lowest BCUT2D eigenvalue weighted by Gasteiger charge is -2.07. The lowest BCUT2D eigenvalue weighted by molar-refractivity contribution is -0.116. The van der Waals surface area contributed by atoms with E-state index in [-0.39, 0.29) is 12.5 Å². The van der Waals surface area contributed by atoms with Gasteiger partial charge in [0.25, 0.3) is 0 Å². The van der Waals surface area contributed by atoms with Crippen LogP contribution < -0.4 is 5.32 Å². The predicted molar refractivity (Wildman–Crippen MR) is 117 cm³/mol. The maximum absolute atomic E-state index is 12.6. The third kappa shape index (κ3) is 3.88. The molecule has 10 nitrogen and oxygen atoms in total. The van der Waals surface area contributed by atoms with Gasteiger partial charge in [0.2, 0.25) is 5.91 Å². The molecule has 32 heavy (non-hydrogen) atoms. The first-order valence-corrected chi connectivity index (χ1v) is 9.79. The van der Waals surface area contributed by atoms with Crippen molar-refractivity contribution in [3.63, 3.8) is 0 Å². The van der Waals surface area contributed by atoms with Crippen LogP contribution in [0.2, 0.25) is 0 Å². The number of hydrogen-bond acceptors (Lipinski definition) is 8. The van der Waals surface area contributed by atoms with Gasteiger partial charge in [0.15, 0.2) is 5.65 Å². The van der Waals surface area contributed by atoms with E-state index in [1.165, 1.54) is 6.33 Å². The Labute approximate surface area is 182 Å². The lowest BCUT2D eigenvalue weighted by atomic mass is 10.1. The van der Waals surface area contributed by atoms with Crippen LogP contribution in [-0.2, 0) is 11.3 Å². The van der Waals surface area contributed by atoms with Crippen LogP contribution >= 0.6 is 0 Å². The maximum Gasteiger partial charge on any atom is 0.246 e. The molecule has 0 atom stereocenters. The highest BCUT2D eigenvalue weighted by Crippen LogP contribution is 2.25. The van der Waals surface area contributed by atoms with E-state index in [9.17, 15) is 4.79 Å². The van der Waals surface area contributed by atoms with E-state index < -0.39 is 0 Å². The summed E-state index contributed by atoms with van der Waals surface area (Å²) in [4.78, 5) is 38.1. The first-order valence-electron chi connectivity index (χ1n) is 9.79. The molecule has 0 spiro atoms. The van der Waals surface area contributed by atoms with Gasteiger partial charge in [-0.15, -0.1) is 0 Å². The van der Waals surface area contributed by atoms with Crippen molar-refractivity contribution < 1.29 is 4.79 Å². The highest BCUT2D eigenvalue weighted by Gasteiger charge is 2.14. The number of amides is 1. The summed E-state index contributed by atoms with van der Waals surface area (Å²) in [5, 5.41) is 7.94. The van der Waals surface area contributed by atoms with Crippen molar-refractivity contribution in [1.29, 1.82) is 0 Å². The Kier molecular flexibility index (Phi) is 5.00. The number of fused-ring (bicyclic) bond motifs is 1. The highest BCUT2D eigenvalue weighted by atomic mass is 16.2. The molecule has 0 aliphatic rings. The third-order valence-electron chi connectivity index (χ3n) is 4.77. The minimum absolute atomic E-state index is 0.00123. The van der Waals surface area contributed by atoms with E-state index in [2.05, 4.69) is 40.3 Å². The van der Waals surface area contributed by atoms with Gasteiger partial charge in [-0.2, -0.15) is 5.10 Å². The Morgan fingerprint density at radius 3 is 2.66 bits per heavy atom. The average molecular weight is 423 g/mol. The normalized spacial score (nSPS) is 10.9. The van der Waals surface area contributed by atoms with Crippen molar-refractivity contribution >= 4 is 22.6 Å². The lowest BCUT2D eigenvalue weighted by Crippen LogP contribution is -2.19. The van der Waals surface area contributed by atoms with Gasteiger partial charge >= 0.3 is 0 Å². The quantitative estimate of drug-likeness (QED) is 0.457. The second kappa shape index (κ2) is 8.26. The Morgan fingerprint density at radius 2 is 1.88 bits per heavy atom. The number of anilines is 1. The number of nitrogens with one attached hydrogen (secondary N) is 1. The van der Waals surface area contributed by atoms with E-state index in [1.807, 2.05) is 19.1 Å². The van der Waals surface area contributed by atoms with Crippen molar-refractivity contribution in [3.8, 4) is 22.6 Å². The smallest absolute Gasteiger partial charge is 0.246 e. The molecule has 0 radical (unpaired) electrons. The number of hydrogen-bond donors (Lipinski definition) is 1.